The van der Waals surface area contributed by atoms with E-state index in [1.807, 2.05) is 30.3 Å². The van der Waals surface area contributed by atoms with Gasteiger partial charge >= 0.3 is 0 Å². The third-order valence-electron chi connectivity index (χ3n) is 5.16. The van der Waals surface area contributed by atoms with Crippen molar-refractivity contribution in [3.63, 3.8) is 0 Å². The Kier molecular flexibility index (Phi) is 5.12. The van der Waals surface area contributed by atoms with Gasteiger partial charge in [-0.1, -0.05) is 47.6 Å². The highest BCUT2D eigenvalue weighted by atomic mass is 16.6. The maximum atomic E-state index is 12.8. The predicted octanol–water partition coefficient (Wildman–Crippen LogP) is 6.56. The Labute approximate surface area is 187 Å². The van der Waals surface area contributed by atoms with E-state index in [9.17, 15) is 14.9 Å². The lowest BCUT2D eigenvalue weighted by Gasteiger charge is -1.99. The van der Waals surface area contributed by atoms with E-state index in [1.165, 1.54) is 18.2 Å². The van der Waals surface area contributed by atoms with Crippen LogP contribution in [0.5, 0.6) is 0 Å². The van der Waals surface area contributed by atoms with Gasteiger partial charge in [0.25, 0.3) is 5.69 Å². The molecule has 0 bridgehead atoms. The van der Waals surface area contributed by atoms with Gasteiger partial charge in [-0.25, -0.2) is 0 Å². The first kappa shape index (κ1) is 20.1. The molecule has 5 aromatic rings. The third-order valence-corrected chi connectivity index (χ3v) is 5.16. The number of hydrogen-bond donors (Lipinski definition) is 0. The number of carbonyl (C=O) groups is 1. The summed E-state index contributed by atoms with van der Waals surface area (Å²) >= 11 is 0. The van der Waals surface area contributed by atoms with Gasteiger partial charge in [-0.2, -0.15) is 0 Å². The van der Waals surface area contributed by atoms with Crippen LogP contribution in [0.15, 0.2) is 99.9 Å². The highest BCUT2D eigenvalue weighted by molar-refractivity contribution is 6.09. The van der Waals surface area contributed by atoms with Crippen LogP contribution in [0.25, 0.3) is 39.6 Å². The summed E-state index contributed by atoms with van der Waals surface area (Å²) in [5, 5.41) is 15.8. The van der Waals surface area contributed by atoms with E-state index in [1.54, 1.807) is 48.5 Å². The minimum Gasteiger partial charge on any atom is -0.457 e. The highest BCUT2D eigenvalue weighted by Gasteiger charge is 2.13. The van der Waals surface area contributed by atoms with Gasteiger partial charge in [-0.05, 0) is 42.5 Å². The molecule has 0 aliphatic carbocycles. The molecular formula is C26H16N2O5. The zero-order valence-electron chi connectivity index (χ0n) is 17.2. The minimum atomic E-state index is -0.457. The highest BCUT2D eigenvalue weighted by Crippen LogP contribution is 2.30. The monoisotopic (exact) mass is 436 g/mol. The van der Waals surface area contributed by atoms with Crippen molar-refractivity contribution in [2.24, 2.45) is 0 Å². The molecule has 0 aliphatic rings. The Morgan fingerprint density at radius 1 is 0.909 bits per heavy atom. The van der Waals surface area contributed by atoms with Gasteiger partial charge in [0.05, 0.1) is 10.3 Å². The molecule has 7 nitrogen and oxygen atoms in total. The van der Waals surface area contributed by atoms with E-state index >= 15 is 0 Å². The zero-order valence-corrected chi connectivity index (χ0v) is 17.2. The van der Waals surface area contributed by atoms with E-state index in [0.717, 1.165) is 10.9 Å². The maximum Gasteiger partial charge on any atom is 0.270 e. The summed E-state index contributed by atoms with van der Waals surface area (Å²) in [5.74, 6) is 1.34. The summed E-state index contributed by atoms with van der Waals surface area (Å²) in [4.78, 5) is 23.3. The molecule has 0 atom stereocenters. The number of benzene rings is 3. The predicted molar refractivity (Wildman–Crippen MR) is 124 cm³/mol. The molecule has 0 saturated carbocycles. The first-order valence-corrected chi connectivity index (χ1v) is 10.1. The number of hydrogen-bond acceptors (Lipinski definition) is 6. The number of rotatable bonds is 6. The van der Waals surface area contributed by atoms with Gasteiger partial charge in [0.2, 0.25) is 0 Å². The number of ketones is 1. The Morgan fingerprint density at radius 3 is 2.55 bits per heavy atom. The Hall–Kier alpha value is -4.78. The second-order valence-electron chi connectivity index (χ2n) is 7.32. The van der Waals surface area contributed by atoms with Gasteiger partial charge in [0.1, 0.15) is 17.0 Å². The van der Waals surface area contributed by atoms with Crippen molar-refractivity contribution >= 4 is 28.4 Å². The number of nitrogens with zero attached hydrogens (tertiary/aromatic N) is 2. The summed E-state index contributed by atoms with van der Waals surface area (Å²) in [7, 11) is 0. The van der Waals surface area contributed by atoms with Crippen LogP contribution >= 0.6 is 0 Å². The topological polar surface area (TPSA) is 99.4 Å². The fraction of sp³-hybridized carbons (Fsp3) is 0. The van der Waals surface area contributed by atoms with Crippen LogP contribution in [0.2, 0.25) is 0 Å². The number of aromatic nitrogens is 1. The summed E-state index contributed by atoms with van der Waals surface area (Å²) < 4.78 is 11.2. The molecule has 5 rings (SSSR count). The van der Waals surface area contributed by atoms with Crippen LogP contribution in [0, 0.1) is 10.1 Å². The molecule has 33 heavy (non-hydrogen) atoms. The number of nitro groups is 1. The minimum absolute atomic E-state index is 0.0184. The molecule has 0 aliphatic heterocycles. The lowest BCUT2D eigenvalue weighted by Crippen LogP contribution is -1.93. The summed E-state index contributed by atoms with van der Waals surface area (Å²) in [6.07, 6.45) is 2.99. The van der Waals surface area contributed by atoms with Crippen molar-refractivity contribution < 1.29 is 18.7 Å². The molecule has 0 N–H and O–H groups in total. The molecule has 160 valence electrons. The first-order valence-electron chi connectivity index (χ1n) is 10.1. The number of allylic oxidation sites excluding steroid dienone is 1. The Bertz CT molecular complexity index is 1510. The fourth-order valence-corrected chi connectivity index (χ4v) is 3.52. The van der Waals surface area contributed by atoms with Crippen molar-refractivity contribution in [3.05, 3.63) is 112 Å². The lowest BCUT2D eigenvalue weighted by molar-refractivity contribution is -0.384. The smallest absolute Gasteiger partial charge is 0.270 e. The van der Waals surface area contributed by atoms with Crippen LogP contribution in [0.3, 0.4) is 0 Å². The summed E-state index contributed by atoms with van der Waals surface area (Å²) in [5.41, 5.74) is 2.60. The zero-order chi connectivity index (χ0) is 22.8. The molecular weight excluding hydrogens is 420 g/mol. The van der Waals surface area contributed by atoms with E-state index < -0.39 is 4.92 Å². The molecule has 0 spiro atoms. The lowest BCUT2D eigenvalue weighted by atomic mass is 10.0. The molecule has 0 radical (unpaired) electrons. The largest absolute Gasteiger partial charge is 0.457 e. The molecule has 0 saturated heterocycles. The summed E-state index contributed by atoms with van der Waals surface area (Å²) in [6.45, 7) is 0. The van der Waals surface area contributed by atoms with Crippen LogP contribution in [-0.2, 0) is 0 Å². The second-order valence-corrected chi connectivity index (χ2v) is 7.32. The maximum absolute atomic E-state index is 12.8. The molecule has 2 heterocycles. The van der Waals surface area contributed by atoms with Crippen molar-refractivity contribution in [1.82, 2.24) is 5.16 Å². The molecule has 7 heteroatoms. The summed E-state index contributed by atoms with van der Waals surface area (Å²) in [6, 6.07) is 24.4. The van der Waals surface area contributed by atoms with Gasteiger partial charge in [-0.3, -0.25) is 14.9 Å². The Balaban J connectivity index is 1.38. The molecule has 2 aromatic heterocycles. The second kappa shape index (κ2) is 8.39. The van der Waals surface area contributed by atoms with Gasteiger partial charge in [0.15, 0.2) is 11.5 Å². The number of furan rings is 1. The van der Waals surface area contributed by atoms with Crippen LogP contribution in [-0.4, -0.2) is 15.9 Å². The van der Waals surface area contributed by atoms with Crippen molar-refractivity contribution in [2.75, 3.05) is 0 Å². The molecule has 0 fully saturated rings. The Morgan fingerprint density at radius 2 is 1.73 bits per heavy atom. The van der Waals surface area contributed by atoms with Crippen LogP contribution < -0.4 is 0 Å². The number of fused-ring (bicyclic) bond motifs is 1. The number of carbonyl (C=O) groups excluding carboxylic acids is 1. The first-order chi connectivity index (χ1) is 16.1. The van der Waals surface area contributed by atoms with Crippen molar-refractivity contribution in [3.8, 4) is 22.6 Å². The molecule has 3 aromatic carbocycles. The number of non-ortho nitro benzene ring substituents is 1. The standard InChI is InChI=1S/C26H16N2O5/c29-24(13-10-21-11-14-25(32-21)19-7-4-8-20(15-19)28(30)31)18-9-12-23-22(16-18)26(33-27-23)17-5-2-1-3-6-17/h1-16H/b13-10+. The third kappa shape index (κ3) is 4.07. The van der Waals surface area contributed by atoms with Crippen LogP contribution in [0.1, 0.15) is 16.1 Å². The quantitative estimate of drug-likeness (QED) is 0.129. The van der Waals surface area contributed by atoms with E-state index in [-0.39, 0.29) is 11.5 Å². The van der Waals surface area contributed by atoms with E-state index in [2.05, 4.69) is 5.16 Å². The van der Waals surface area contributed by atoms with Gasteiger partial charge in [-0.15, -0.1) is 0 Å². The van der Waals surface area contributed by atoms with Gasteiger partial charge < -0.3 is 8.94 Å². The SMILES string of the molecule is O=C(/C=C/c1ccc(-c2cccc([N+](=O)[O-])c2)o1)c1ccc2noc(-c3ccccc3)c2c1. The fourth-order valence-electron chi connectivity index (χ4n) is 3.52. The molecule has 0 unspecified atom stereocenters. The average Bonchev–Trinajstić information content (AvgIpc) is 3.50. The van der Waals surface area contributed by atoms with E-state index in [0.29, 0.717) is 33.9 Å². The normalized spacial score (nSPS) is 11.3. The van der Waals surface area contributed by atoms with Crippen molar-refractivity contribution in [1.29, 1.82) is 0 Å². The average molecular weight is 436 g/mol. The van der Waals surface area contributed by atoms with Gasteiger partial charge in [0, 0.05) is 28.8 Å². The number of nitro benzene ring substituents is 1. The van der Waals surface area contributed by atoms with Crippen LogP contribution in [0.4, 0.5) is 5.69 Å². The van der Waals surface area contributed by atoms with Crippen molar-refractivity contribution in [2.45, 2.75) is 0 Å². The van der Waals surface area contributed by atoms with E-state index in [4.69, 9.17) is 8.94 Å². The molecule has 0 amide bonds.